The van der Waals surface area contributed by atoms with E-state index in [0.717, 1.165) is 18.7 Å². The SMILES string of the molecule is COc1ccc(OC)c([C@H]2C(=C(O)c3c(C)nc4c(C)cccn34)C(=O)C(=O)N2CCN2CCOCC2)c1. The van der Waals surface area contributed by atoms with Crippen LogP contribution < -0.4 is 9.47 Å². The van der Waals surface area contributed by atoms with Crippen molar-refractivity contribution >= 4 is 23.1 Å². The molecule has 0 saturated carbocycles. The Hall–Kier alpha value is -3.89. The van der Waals surface area contributed by atoms with Crippen LogP contribution in [-0.2, 0) is 14.3 Å². The van der Waals surface area contributed by atoms with Gasteiger partial charge in [-0.15, -0.1) is 0 Å². The molecule has 0 spiro atoms. The van der Waals surface area contributed by atoms with Crippen LogP contribution in [0.5, 0.6) is 11.5 Å². The predicted molar refractivity (Wildman–Crippen MR) is 140 cm³/mol. The number of pyridine rings is 1. The summed E-state index contributed by atoms with van der Waals surface area (Å²) in [5.74, 6) is -0.673. The molecule has 2 saturated heterocycles. The van der Waals surface area contributed by atoms with Gasteiger partial charge >= 0.3 is 0 Å². The first-order valence-corrected chi connectivity index (χ1v) is 12.6. The maximum absolute atomic E-state index is 13.6. The van der Waals surface area contributed by atoms with Gasteiger partial charge in [-0.25, -0.2) is 4.98 Å². The zero-order chi connectivity index (χ0) is 27.0. The van der Waals surface area contributed by atoms with Crippen molar-refractivity contribution in [3.63, 3.8) is 0 Å². The van der Waals surface area contributed by atoms with E-state index in [-0.39, 0.29) is 17.9 Å². The number of aliphatic hydroxyl groups is 1. The molecule has 2 aromatic heterocycles. The lowest BCUT2D eigenvalue weighted by Crippen LogP contribution is -2.42. The van der Waals surface area contributed by atoms with E-state index in [1.165, 1.54) is 12.0 Å². The number of methoxy groups -OCH3 is 2. The number of aromatic nitrogens is 2. The van der Waals surface area contributed by atoms with Crippen molar-refractivity contribution in [1.82, 2.24) is 19.2 Å². The Morgan fingerprint density at radius 2 is 1.87 bits per heavy atom. The Bertz CT molecular complexity index is 1420. The third kappa shape index (κ3) is 4.39. The summed E-state index contributed by atoms with van der Waals surface area (Å²) < 4.78 is 18.3. The molecular formula is C28H32N4O6. The average molecular weight is 521 g/mol. The summed E-state index contributed by atoms with van der Waals surface area (Å²) in [5.41, 5.74) is 3.07. The average Bonchev–Trinajstić information content (AvgIpc) is 3.41. The number of amides is 1. The van der Waals surface area contributed by atoms with Gasteiger partial charge in [0.2, 0.25) is 0 Å². The largest absolute Gasteiger partial charge is 0.505 e. The minimum atomic E-state index is -0.879. The van der Waals surface area contributed by atoms with E-state index >= 15 is 0 Å². The number of Topliss-reactive ketones (excluding diaryl/α,β-unsaturated/α-hetero) is 1. The number of ketones is 1. The summed E-state index contributed by atoms with van der Waals surface area (Å²) in [6.07, 6.45) is 1.78. The van der Waals surface area contributed by atoms with Crippen molar-refractivity contribution in [2.75, 3.05) is 53.6 Å². The number of hydrogen-bond acceptors (Lipinski definition) is 8. The lowest BCUT2D eigenvalue weighted by atomic mass is 9.95. The number of benzene rings is 1. The first kappa shape index (κ1) is 25.7. The Morgan fingerprint density at radius 3 is 2.58 bits per heavy atom. The van der Waals surface area contributed by atoms with Crippen molar-refractivity contribution < 1.29 is 28.9 Å². The van der Waals surface area contributed by atoms with Crippen LogP contribution in [0.3, 0.4) is 0 Å². The fraction of sp³-hybridized carbons (Fsp3) is 0.393. The second kappa shape index (κ2) is 10.5. The molecule has 0 aliphatic carbocycles. The van der Waals surface area contributed by atoms with Gasteiger partial charge in [0.15, 0.2) is 5.76 Å². The van der Waals surface area contributed by atoms with E-state index in [9.17, 15) is 14.7 Å². The number of aliphatic hydroxyl groups excluding tert-OH is 1. The molecule has 3 aromatic rings. The van der Waals surface area contributed by atoms with Crippen molar-refractivity contribution in [2.45, 2.75) is 19.9 Å². The van der Waals surface area contributed by atoms with E-state index in [4.69, 9.17) is 14.2 Å². The maximum Gasteiger partial charge on any atom is 0.295 e. The van der Waals surface area contributed by atoms with E-state index in [2.05, 4.69) is 9.88 Å². The smallest absolute Gasteiger partial charge is 0.295 e. The van der Waals surface area contributed by atoms with Crippen LogP contribution in [0, 0.1) is 13.8 Å². The van der Waals surface area contributed by atoms with Crippen LogP contribution in [0.15, 0.2) is 42.1 Å². The van der Waals surface area contributed by atoms with Crippen LogP contribution in [0.1, 0.15) is 28.6 Å². The minimum absolute atomic E-state index is 0.00469. The van der Waals surface area contributed by atoms with Crippen molar-refractivity contribution in [3.05, 3.63) is 64.6 Å². The molecule has 5 rings (SSSR count). The number of nitrogens with zero attached hydrogens (tertiary/aromatic N) is 4. The molecule has 2 aliphatic heterocycles. The zero-order valence-electron chi connectivity index (χ0n) is 22.1. The van der Waals surface area contributed by atoms with Crippen LogP contribution in [0.2, 0.25) is 0 Å². The molecule has 200 valence electrons. The lowest BCUT2D eigenvalue weighted by Gasteiger charge is -2.31. The summed E-state index contributed by atoms with van der Waals surface area (Å²) in [5, 5.41) is 11.7. The van der Waals surface area contributed by atoms with Gasteiger partial charge in [-0.2, -0.15) is 0 Å². The molecule has 0 bridgehead atoms. The van der Waals surface area contributed by atoms with Gasteiger partial charge in [0.25, 0.3) is 11.7 Å². The van der Waals surface area contributed by atoms with Gasteiger partial charge in [0, 0.05) is 37.9 Å². The number of hydrogen-bond donors (Lipinski definition) is 1. The number of aryl methyl sites for hydroxylation is 2. The van der Waals surface area contributed by atoms with Crippen LogP contribution in [-0.4, -0.2) is 89.6 Å². The highest BCUT2D eigenvalue weighted by molar-refractivity contribution is 6.46. The Labute approximate surface area is 221 Å². The molecule has 4 heterocycles. The molecule has 10 heteroatoms. The molecule has 1 atom stereocenters. The fourth-order valence-corrected chi connectivity index (χ4v) is 5.29. The van der Waals surface area contributed by atoms with Crippen molar-refractivity contribution in [3.8, 4) is 11.5 Å². The number of fused-ring (bicyclic) bond motifs is 1. The van der Waals surface area contributed by atoms with E-state index < -0.39 is 17.7 Å². The quantitative estimate of drug-likeness (QED) is 0.288. The number of likely N-dealkylation sites (tertiary alicyclic amines) is 1. The van der Waals surface area contributed by atoms with E-state index in [0.29, 0.717) is 53.9 Å². The zero-order valence-corrected chi connectivity index (χ0v) is 22.1. The molecule has 38 heavy (non-hydrogen) atoms. The molecule has 1 amide bonds. The molecule has 1 aromatic carbocycles. The summed E-state index contributed by atoms with van der Waals surface area (Å²) in [6.45, 7) is 7.30. The van der Waals surface area contributed by atoms with Crippen LogP contribution in [0.25, 0.3) is 11.4 Å². The number of rotatable bonds is 7. The monoisotopic (exact) mass is 520 g/mol. The highest BCUT2D eigenvalue weighted by Crippen LogP contribution is 2.44. The molecule has 10 nitrogen and oxygen atoms in total. The minimum Gasteiger partial charge on any atom is -0.505 e. The summed E-state index contributed by atoms with van der Waals surface area (Å²) in [7, 11) is 3.08. The standard InChI is InChI=1S/C28H32N4O6/c1-17-6-5-9-31-23(18(2)29-27(17)31)25(33)22-24(20-16-19(36-3)7-8-21(20)37-4)32(28(35)26(22)34)11-10-30-12-14-38-15-13-30/h5-9,16,24,33H,10-15H2,1-4H3/t24-/m0/s1. The second-order valence-corrected chi connectivity index (χ2v) is 9.49. The first-order chi connectivity index (χ1) is 18.3. The van der Waals surface area contributed by atoms with Crippen LogP contribution in [0.4, 0.5) is 0 Å². The normalized spacial score (nSPS) is 19.9. The molecule has 1 N–H and O–H groups in total. The highest BCUT2D eigenvalue weighted by Gasteiger charge is 2.47. The molecule has 0 unspecified atom stereocenters. The number of carbonyl (C=O) groups is 2. The third-order valence-corrected chi connectivity index (χ3v) is 7.28. The summed E-state index contributed by atoms with van der Waals surface area (Å²) in [4.78, 5) is 35.4. The summed E-state index contributed by atoms with van der Waals surface area (Å²) >= 11 is 0. The van der Waals surface area contributed by atoms with Crippen LogP contribution >= 0.6 is 0 Å². The third-order valence-electron chi connectivity index (χ3n) is 7.28. The van der Waals surface area contributed by atoms with Gasteiger partial charge in [0.05, 0.1) is 44.7 Å². The molecular weight excluding hydrogens is 488 g/mol. The van der Waals surface area contributed by atoms with Gasteiger partial charge in [-0.05, 0) is 43.7 Å². The first-order valence-electron chi connectivity index (χ1n) is 12.6. The van der Waals surface area contributed by atoms with E-state index in [1.807, 2.05) is 19.1 Å². The highest BCUT2D eigenvalue weighted by atomic mass is 16.5. The predicted octanol–water partition coefficient (Wildman–Crippen LogP) is 2.72. The molecule has 2 aliphatic rings. The van der Waals surface area contributed by atoms with Crippen molar-refractivity contribution in [2.24, 2.45) is 0 Å². The Kier molecular flexibility index (Phi) is 7.09. The topological polar surface area (TPSA) is 106 Å². The fourth-order valence-electron chi connectivity index (χ4n) is 5.29. The Balaban J connectivity index is 1.68. The van der Waals surface area contributed by atoms with Gasteiger partial charge < -0.3 is 24.2 Å². The van der Waals surface area contributed by atoms with Gasteiger partial charge in [0.1, 0.15) is 22.8 Å². The number of carbonyl (C=O) groups excluding carboxylic acids is 2. The van der Waals surface area contributed by atoms with E-state index in [1.54, 1.807) is 42.8 Å². The molecule has 0 radical (unpaired) electrons. The summed E-state index contributed by atoms with van der Waals surface area (Å²) in [6, 6.07) is 8.13. The number of ether oxygens (including phenoxy) is 3. The maximum atomic E-state index is 13.6. The van der Waals surface area contributed by atoms with Gasteiger partial charge in [-0.1, -0.05) is 6.07 Å². The number of morpholine rings is 1. The van der Waals surface area contributed by atoms with Gasteiger partial charge in [-0.3, -0.25) is 18.9 Å². The second-order valence-electron chi connectivity index (χ2n) is 9.49. The lowest BCUT2D eigenvalue weighted by molar-refractivity contribution is -0.140. The number of imidazole rings is 1. The molecule has 2 fully saturated rings. The van der Waals surface area contributed by atoms with Crippen molar-refractivity contribution in [1.29, 1.82) is 0 Å². The Morgan fingerprint density at radius 1 is 1.11 bits per heavy atom.